The van der Waals surface area contributed by atoms with Crippen molar-refractivity contribution >= 4 is 15.9 Å². The number of hydrogen-bond acceptors (Lipinski definition) is 3. The topological polar surface area (TPSA) is 47.7 Å². The van der Waals surface area contributed by atoms with Gasteiger partial charge in [0.1, 0.15) is 0 Å². The molecule has 2 aromatic rings. The van der Waals surface area contributed by atoms with Crippen LogP contribution in [0.2, 0.25) is 0 Å². The number of nitrogens with zero attached hydrogens (tertiary/aromatic N) is 4. The standard InChI is InChI=1S/C12H18BrN5/c1-5-18-12(10(13)7-16-18)11(14-3)9-6-15-17(4)8(9)2/h6-7,11,14H,5H2,1-4H3. The summed E-state index contributed by atoms with van der Waals surface area (Å²) in [7, 11) is 3.91. The Balaban J connectivity index is 2.51. The number of nitrogens with one attached hydrogen (secondary N) is 1. The molecule has 0 amide bonds. The Hall–Kier alpha value is -1.14. The molecule has 2 heterocycles. The minimum Gasteiger partial charge on any atom is -0.308 e. The molecule has 0 aliphatic rings. The smallest absolute Gasteiger partial charge is 0.0790 e. The fourth-order valence-corrected chi connectivity index (χ4v) is 2.67. The van der Waals surface area contributed by atoms with Crippen molar-refractivity contribution in [3.63, 3.8) is 0 Å². The highest BCUT2D eigenvalue weighted by molar-refractivity contribution is 9.10. The highest BCUT2D eigenvalue weighted by atomic mass is 79.9. The first-order valence-corrected chi connectivity index (χ1v) is 6.76. The molecule has 2 aromatic heterocycles. The first kappa shape index (κ1) is 13.3. The van der Waals surface area contributed by atoms with Gasteiger partial charge in [-0.1, -0.05) is 0 Å². The highest BCUT2D eigenvalue weighted by Gasteiger charge is 2.23. The third kappa shape index (κ3) is 2.10. The van der Waals surface area contributed by atoms with E-state index >= 15 is 0 Å². The van der Waals surface area contributed by atoms with Crippen molar-refractivity contribution in [1.82, 2.24) is 24.9 Å². The maximum Gasteiger partial charge on any atom is 0.0790 e. The molecule has 0 aromatic carbocycles. The normalized spacial score (nSPS) is 12.9. The first-order chi connectivity index (χ1) is 8.60. The lowest BCUT2D eigenvalue weighted by Gasteiger charge is -2.18. The Labute approximate surface area is 115 Å². The number of hydrogen-bond donors (Lipinski definition) is 1. The van der Waals surface area contributed by atoms with Gasteiger partial charge in [0.2, 0.25) is 0 Å². The maximum absolute atomic E-state index is 4.37. The minimum absolute atomic E-state index is 0.0931. The molecule has 0 saturated heterocycles. The monoisotopic (exact) mass is 311 g/mol. The van der Waals surface area contributed by atoms with Crippen molar-refractivity contribution in [3.05, 3.63) is 33.8 Å². The SMILES string of the molecule is CCn1ncc(Br)c1C(NC)c1cnn(C)c1C. The third-order valence-electron chi connectivity index (χ3n) is 3.28. The number of aryl methyl sites for hydroxylation is 2. The Kier molecular flexibility index (Phi) is 3.87. The summed E-state index contributed by atoms with van der Waals surface area (Å²) in [6.45, 7) is 5.01. The molecule has 6 heteroatoms. The Morgan fingerprint density at radius 3 is 2.61 bits per heavy atom. The van der Waals surface area contributed by atoms with Crippen molar-refractivity contribution in [1.29, 1.82) is 0 Å². The second-order valence-electron chi connectivity index (χ2n) is 4.22. The first-order valence-electron chi connectivity index (χ1n) is 5.97. The van der Waals surface area contributed by atoms with Crippen molar-refractivity contribution in [2.45, 2.75) is 26.4 Å². The quantitative estimate of drug-likeness (QED) is 0.939. The van der Waals surface area contributed by atoms with E-state index in [9.17, 15) is 0 Å². The second-order valence-corrected chi connectivity index (χ2v) is 5.08. The van der Waals surface area contributed by atoms with Crippen LogP contribution in [-0.2, 0) is 13.6 Å². The maximum atomic E-state index is 4.37. The van der Waals surface area contributed by atoms with Gasteiger partial charge in [-0.2, -0.15) is 10.2 Å². The van der Waals surface area contributed by atoms with E-state index in [-0.39, 0.29) is 6.04 Å². The van der Waals surface area contributed by atoms with E-state index < -0.39 is 0 Å². The highest BCUT2D eigenvalue weighted by Crippen LogP contribution is 2.29. The lowest BCUT2D eigenvalue weighted by atomic mass is 10.1. The van der Waals surface area contributed by atoms with Crippen LogP contribution in [-0.4, -0.2) is 26.6 Å². The number of rotatable bonds is 4. The van der Waals surface area contributed by atoms with Crippen LogP contribution >= 0.6 is 15.9 Å². The van der Waals surface area contributed by atoms with Crippen LogP contribution in [0.1, 0.15) is 29.9 Å². The summed E-state index contributed by atoms with van der Waals surface area (Å²) in [4.78, 5) is 0. The summed E-state index contributed by atoms with van der Waals surface area (Å²) in [5.41, 5.74) is 3.47. The van der Waals surface area contributed by atoms with E-state index in [1.807, 2.05) is 35.9 Å². The average Bonchev–Trinajstić information content (AvgIpc) is 2.89. The molecule has 1 atom stereocenters. The van der Waals surface area contributed by atoms with Gasteiger partial charge in [-0.15, -0.1) is 0 Å². The summed E-state index contributed by atoms with van der Waals surface area (Å²) in [6.07, 6.45) is 3.75. The molecular formula is C12H18BrN5. The van der Waals surface area contributed by atoms with Crippen molar-refractivity contribution in [2.75, 3.05) is 7.05 Å². The van der Waals surface area contributed by atoms with Gasteiger partial charge in [0.15, 0.2) is 0 Å². The summed E-state index contributed by atoms with van der Waals surface area (Å²) < 4.78 is 4.91. The minimum atomic E-state index is 0.0931. The molecule has 0 spiro atoms. The van der Waals surface area contributed by atoms with Crippen LogP contribution in [0, 0.1) is 6.92 Å². The molecule has 0 bridgehead atoms. The van der Waals surface area contributed by atoms with E-state index in [0.717, 1.165) is 22.4 Å². The molecule has 0 aliphatic heterocycles. The van der Waals surface area contributed by atoms with Gasteiger partial charge in [0.25, 0.3) is 0 Å². The summed E-state index contributed by atoms with van der Waals surface area (Å²) in [5.74, 6) is 0. The molecule has 0 saturated carbocycles. The van der Waals surface area contributed by atoms with E-state index in [4.69, 9.17) is 0 Å². The predicted molar refractivity (Wildman–Crippen MR) is 74.4 cm³/mol. The largest absolute Gasteiger partial charge is 0.308 e. The Bertz CT molecular complexity index is 543. The molecule has 0 radical (unpaired) electrons. The van der Waals surface area contributed by atoms with Crippen molar-refractivity contribution in [3.8, 4) is 0 Å². The van der Waals surface area contributed by atoms with Crippen LogP contribution in [0.25, 0.3) is 0 Å². The van der Waals surface area contributed by atoms with Crippen LogP contribution in [0.5, 0.6) is 0 Å². The Morgan fingerprint density at radius 1 is 1.39 bits per heavy atom. The van der Waals surface area contributed by atoms with E-state index in [2.05, 4.69) is 45.3 Å². The predicted octanol–water partition coefficient (Wildman–Crippen LogP) is 2.02. The Morgan fingerprint density at radius 2 is 2.11 bits per heavy atom. The van der Waals surface area contributed by atoms with E-state index in [1.165, 1.54) is 5.56 Å². The average molecular weight is 312 g/mol. The van der Waals surface area contributed by atoms with Gasteiger partial charge in [0.05, 0.1) is 28.6 Å². The van der Waals surface area contributed by atoms with Crippen LogP contribution in [0.4, 0.5) is 0 Å². The lowest BCUT2D eigenvalue weighted by Crippen LogP contribution is -2.22. The van der Waals surface area contributed by atoms with E-state index in [1.54, 1.807) is 0 Å². The number of aromatic nitrogens is 4. The molecule has 2 rings (SSSR count). The number of halogens is 1. The molecular weight excluding hydrogens is 294 g/mol. The van der Waals surface area contributed by atoms with Gasteiger partial charge in [-0.05, 0) is 36.8 Å². The summed E-state index contributed by atoms with van der Waals surface area (Å²) in [6, 6.07) is 0.0931. The fraction of sp³-hybridized carbons (Fsp3) is 0.500. The molecule has 1 N–H and O–H groups in total. The van der Waals surface area contributed by atoms with E-state index in [0.29, 0.717) is 0 Å². The zero-order chi connectivity index (χ0) is 13.3. The van der Waals surface area contributed by atoms with Crippen LogP contribution < -0.4 is 5.32 Å². The fourth-order valence-electron chi connectivity index (χ4n) is 2.15. The van der Waals surface area contributed by atoms with Crippen molar-refractivity contribution in [2.24, 2.45) is 7.05 Å². The van der Waals surface area contributed by atoms with Gasteiger partial charge < -0.3 is 5.32 Å². The lowest BCUT2D eigenvalue weighted by molar-refractivity contribution is 0.559. The van der Waals surface area contributed by atoms with Crippen LogP contribution in [0.3, 0.4) is 0 Å². The molecule has 18 heavy (non-hydrogen) atoms. The second kappa shape index (κ2) is 5.24. The van der Waals surface area contributed by atoms with Gasteiger partial charge in [-0.3, -0.25) is 9.36 Å². The molecule has 5 nitrogen and oxygen atoms in total. The third-order valence-corrected chi connectivity index (χ3v) is 3.89. The molecule has 98 valence electrons. The van der Waals surface area contributed by atoms with Gasteiger partial charge in [0, 0.05) is 24.8 Å². The zero-order valence-electron chi connectivity index (χ0n) is 11.1. The summed E-state index contributed by atoms with van der Waals surface area (Å²) >= 11 is 3.58. The molecule has 1 unspecified atom stereocenters. The molecule has 0 aliphatic carbocycles. The summed E-state index contributed by atoms with van der Waals surface area (Å²) in [5, 5.41) is 12.0. The van der Waals surface area contributed by atoms with Gasteiger partial charge in [-0.25, -0.2) is 0 Å². The van der Waals surface area contributed by atoms with Crippen molar-refractivity contribution < 1.29 is 0 Å². The molecule has 0 fully saturated rings. The zero-order valence-corrected chi connectivity index (χ0v) is 12.7. The van der Waals surface area contributed by atoms with Gasteiger partial charge >= 0.3 is 0 Å². The van der Waals surface area contributed by atoms with Crippen LogP contribution in [0.15, 0.2) is 16.9 Å².